The fourth-order valence-electron chi connectivity index (χ4n) is 1.54. The van der Waals surface area contributed by atoms with Crippen LogP contribution in [0.3, 0.4) is 0 Å². The molecule has 0 amide bonds. The summed E-state index contributed by atoms with van der Waals surface area (Å²) < 4.78 is 1.67. The fraction of sp³-hybridized carbons (Fsp3) is 0.182. The van der Waals surface area contributed by atoms with Gasteiger partial charge in [-0.1, -0.05) is 23.2 Å². The van der Waals surface area contributed by atoms with Crippen molar-refractivity contribution >= 4 is 40.4 Å². The van der Waals surface area contributed by atoms with E-state index in [2.05, 4.69) is 10.4 Å². The van der Waals surface area contributed by atoms with Crippen LogP contribution in [0.4, 0.5) is 17.2 Å². The predicted octanol–water partition coefficient (Wildman–Crippen LogP) is 3.36. The minimum Gasteiger partial charge on any atom is -0.394 e. The maximum atomic E-state index is 6.07. The molecule has 0 atom stereocenters. The van der Waals surface area contributed by atoms with E-state index in [0.29, 0.717) is 27.2 Å². The van der Waals surface area contributed by atoms with Crippen LogP contribution in [0.1, 0.15) is 5.69 Å². The molecule has 0 radical (unpaired) electrons. The molecule has 1 aromatic carbocycles. The lowest BCUT2D eigenvalue weighted by Gasteiger charge is -2.09. The number of aryl methyl sites for hydroxylation is 2. The van der Waals surface area contributed by atoms with E-state index in [9.17, 15) is 0 Å². The number of nitrogens with zero attached hydrogens (tertiary/aromatic N) is 2. The van der Waals surface area contributed by atoms with Crippen LogP contribution >= 0.6 is 23.2 Å². The van der Waals surface area contributed by atoms with Crippen molar-refractivity contribution in [2.45, 2.75) is 6.92 Å². The van der Waals surface area contributed by atoms with Crippen molar-refractivity contribution < 1.29 is 0 Å². The Morgan fingerprint density at radius 2 is 2.06 bits per heavy atom. The zero-order chi connectivity index (χ0) is 12.6. The Hall–Kier alpha value is -1.39. The molecule has 3 N–H and O–H groups in total. The Morgan fingerprint density at radius 1 is 1.35 bits per heavy atom. The summed E-state index contributed by atoms with van der Waals surface area (Å²) in [7, 11) is 1.81. The van der Waals surface area contributed by atoms with Crippen LogP contribution in [-0.4, -0.2) is 9.78 Å². The van der Waals surface area contributed by atoms with Gasteiger partial charge in [0.25, 0.3) is 0 Å². The van der Waals surface area contributed by atoms with Gasteiger partial charge in [-0.15, -0.1) is 0 Å². The van der Waals surface area contributed by atoms with Crippen molar-refractivity contribution in [2.75, 3.05) is 11.1 Å². The Morgan fingerprint density at radius 3 is 2.65 bits per heavy atom. The number of rotatable bonds is 2. The number of nitrogens with one attached hydrogen (secondary N) is 1. The topological polar surface area (TPSA) is 55.9 Å². The van der Waals surface area contributed by atoms with Gasteiger partial charge in [-0.3, -0.25) is 4.68 Å². The number of hydrogen-bond donors (Lipinski definition) is 2. The van der Waals surface area contributed by atoms with Gasteiger partial charge >= 0.3 is 0 Å². The van der Waals surface area contributed by atoms with Crippen LogP contribution in [0.2, 0.25) is 10.0 Å². The molecule has 0 aliphatic rings. The zero-order valence-corrected chi connectivity index (χ0v) is 11.0. The van der Waals surface area contributed by atoms with Gasteiger partial charge in [-0.05, 0) is 25.1 Å². The molecule has 0 saturated heterocycles. The van der Waals surface area contributed by atoms with Crippen molar-refractivity contribution in [1.29, 1.82) is 0 Å². The lowest BCUT2D eigenvalue weighted by molar-refractivity contribution is 0.765. The molecule has 90 valence electrons. The lowest BCUT2D eigenvalue weighted by atomic mass is 10.3. The maximum Gasteiger partial charge on any atom is 0.152 e. The van der Waals surface area contributed by atoms with E-state index in [0.717, 1.165) is 5.69 Å². The van der Waals surface area contributed by atoms with Crippen LogP contribution in [0.15, 0.2) is 18.2 Å². The van der Waals surface area contributed by atoms with Gasteiger partial charge in [0.05, 0.1) is 22.1 Å². The summed E-state index contributed by atoms with van der Waals surface area (Å²) >= 11 is 12.0. The van der Waals surface area contributed by atoms with E-state index in [-0.39, 0.29) is 0 Å². The van der Waals surface area contributed by atoms with Gasteiger partial charge < -0.3 is 11.1 Å². The summed E-state index contributed by atoms with van der Waals surface area (Å²) in [5.74, 6) is 0.701. The average molecular weight is 271 g/mol. The summed E-state index contributed by atoms with van der Waals surface area (Å²) in [6.07, 6.45) is 0. The quantitative estimate of drug-likeness (QED) is 0.880. The molecule has 0 aliphatic carbocycles. The van der Waals surface area contributed by atoms with Gasteiger partial charge in [0.15, 0.2) is 5.82 Å². The van der Waals surface area contributed by atoms with Crippen molar-refractivity contribution in [2.24, 2.45) is 7.05 Å². The second-order valence-electron chi connectivity index (χ2n) is 3.72. The van der Waals surface area contributed by atoms with E-state index in [1.165, 1.54) is 0 Å². The largest absolute Gasteiger partial charge is 0.394 e. The van der Waals surface area contributed by atoms with Crippen LogP contribution in [0, 0.1) is 6.92 Å². The minimum atomic E-state index is 0.577. The molecular formula is C11H12Cl2N4. The molecule has 2 rings (SSSR count). The monoisotopic (exact) mass is 270 g/mol. The third-order valence-electron chi connectivity index (χ3n) is 2.45. The summed E-state index contributed by atoms with van der Waals surface area (Å²) in [4.78, 5) is 0. The molecule has 0 spiro atoms. The van der Waals surface area contributed by atoms with Crippen molar-refractivity contribution in [3.05, 3.63) is 33.9 Å². The highest BCUT2D eigenvalue weighted by Crippen LogP contribution is 2.31. The van der Waals surface area contributed by atoms with E-state index < -0.39 is 0 Å². The number of anilines is 3. The average Bonchev–Trinajstić information content (AvgIpc) is 2.50. The highest BCUT2D eigenvalue weighted by Gasteiger charge is 2.11. The molecule has 1 heterocycles. The first-order valence-corrected chi connectivity index (χ1v) is 5.76. The molecule has 1 aromatic heterocycles. The Balaban J connectivity index is 2.41. The van der Waals surface area contributed by atoms with Crippen LogP contribution in [-0.2, 0) is 7.05 Å². The molecule has 0 aliphatic heterocycles. The number of nitrogens with two attached hydrogens (primary N) is 1. The highest BCUT2D eigenvalue weighted by atomic mass is 35.5. The number of nitrogen functional groups attached to an aromatic ring is 1. The summed E-state index contributed by atoms with van der Waals surface area (Å²) in [6, 6.07) is 5.20. The molecular weight excluding hydrogens is 259 g/mol. The highest BCUT2D eigenvalue weighted by molar-refractivity contribution is 6.35. The van der Waals surface area contributed by atoms with Crippen molar-refractivity contribution in [3.63, 3.8) is 0 Å². The molecule has 0 unspecified atom stereocenters. The number of benzene rings is 1. The Labute approximate surface area is 109 Å². The molecule has 0 bridgehead atoms. The van der Waals surface area contributed by atoms with Gasteiger partial charge in [-0.25, -0.2) is 0 Å². The first-order chi connectivity index (χ1) is 7.99. The van der Waals surface area contributed by atoms with Gasteiger partial charge in [0, 0.05) is 12.1 Å². The standard InChI is InChI=1S/C11H12Cl2N4/c1-6-10(14)11(17(2)16-6)15-9-5-7(12)3-4-8(9)13/h3-5,15H,14H2,1-2H3. The number of aromatic nitrogens is 2. The number of hydrogen-bond acceptors (Lipinski definition) is 3. The second-order valence-corrected chi connectivity index (χ2v) is 4.56. The molecule has 4 nitrogen and oxygen atoms in total. The summed E-state index contributed by atoms with van der Waals surface area (Å²) in [5, 5.41) is 8.52. The molecule has 0 fully saturated rings. The van der Waals surface area contributed by atoms with Crippen LogP contribution in [0.5, 0.6) is 0 Å². The normalized spacial score (nSPS) is 10.6. The molecule has 6 heteroatoms. The number of halogens is 2. The van der Waals surface area contributed by atoms with Crippen molar-refractivity contribution in [1.82, 2.24) is 9.78 Å². The second kappa shape index (κ2) is 4.47. The lowest BCUT2D eigenvalue weighted by Crippen LogP contribution is -2.01. The van der Waals surface area contributed by atoms with Gasteiger partial charge in [0.1, 0.15) is 0 Å². The van der Waals surface area contributed by atoms with Gasteiger partial charge in [-0.2, -0.15) is 5.10 Å². The third-order valence-corrected chi connectivity index (χ3v) is 3.01. The van der Waals surface area contributed by atoms with Crippen molar-refractivity contribution in [3.8, 4) is 0 Å². The zero-order valence-electron chi connectivity index (χ0n) is 9.46. The molecule has 17 heavy (non-hydrogen) atoms. The summed E-state index contributed by atoms with van der Waals surface area (Å²) in [6.45, 7) is 1.85. The smallest absolute Gasteiger partial charge is 0.152 e. The first kappa shape index (κ1) is 12.1. The van der Waals surface area contributed by atoms with Gasteiger partial charge in [0.2, 0.25) is 0 Å². The molecule has 0 saturated carbocycles. The molecule has 2 aromatic rings. The third kappa shape index (κ3) is 2.33. The predicted molar refractivity (Wildman–Crippen MR) is 72.1 cm³/mol. The minimum absolute atomic E-state index is 0.577. The maximum absolute atomic E-state index is 6.07. The fourth-order valence-corrected chi connectivity index (χ4v) is 1.88. The van der Waals surface area contributed by atoms with E-state index in [1.54, 1.807) is 22.9 Å². The van der Waals surface area contributed by atoms with E-state index in [1.807, 2.05) is 14.0 Å². The van der Waals surface area contributed by atoms with E-state index >= 15 is 0 Å². The summed E-state index contributed by atoms with van der Waals surface area (Å²) in [5.41, 5.74) is 7.99. The Kier molecular flexibility index (Phi) is 3.17. The van der Waals surface area contributed by atoms with Crippen LogP contribution in [0.25, 0.3) is 0 Å². The first-order valence-electron chi connectivity index (χ1n) is 5.00. The van der Waals surface area contributed by atoms with Crippen LogP contribution < -0.4 is 11.1 Å². The van der Waals surface area contributed by atoms with E-state index in [4.69, 9.17) is 28.9 Å². The Bertz CT molecular complexity index is 563. The SMILES string of the molecule is Cc1nn(C)c(Nc2cc(Cl)ccc2Cl)c1N.